The molecule has 120 valence electrons. The van der Waals surface area contributed by atoms with Crippen LogP contribution >= 0.6 is 0 Å². The Kier molecular flexibility index (Phi) is 5.57. The van der Waals surface area contributed by atoms with E-state index < -0.39 is 0 Å². The number of carbonyl (C=O) groups is 1. The fourth-order valence-electron chi connectivity index (χ4n) is 1.88. The van der Waals surface area contributed by atoms with Gasteiger partial charge in [-0.3, -0.25) is 4.79 Å². The van der Waals surface area contributed by atoms with Gasteiger partial charge in [0.2, 0.25) is 0 Å². The van der Waals surface area contributed by atoms with Crippen LogP contribution < -0.4 is 19.6 Å². The van der Waals surface area contributed by atoms with Crippen LogP contribution in [0.1, 0.15) is 15.9 Å². The molecule has 0 aliphatic rings. The van der Waals surface area contributed by atoms with Crippen LogP contribution in [0.25, 0.3) is 0 Å². The van der Waals surface area contributed by atoms with Crippen LogP contribution in [0.3, 0.4) is 0 Å². The quantitative estimate of drug-likeness (QED) is 0.657. The normalized spacial score (nSPS) is 10.4. The van der Waals surface area contributed by atoms with Crippen molar-refractivity contribution in [1.82, 2.24) is 5.43 Å². The zero-order valence-electron chi connectivity index (χ0n) is 13.2. The fraction of sp³-hybridized carbons (Fsp3) is 0.176. The molecule has 2 aromatic rings. The average Bonchev–Trinajstić information content (AvgIpc) is 2.61. The van der Waals surface area contributed by atoms with Crippen molar-refractivity contribution >= 4 is 12.1 Å². The van der Waals surface area contributed by atoms with Crippen LogP contribution in [-0.2, 0) is 0 Å². The largest absolute Gasteiger partial charge is 0.497 e. The maximum absolute atomic E-state index is 12.0. The zero-order valence-corrected chi connectivity index (χ0v) is 13.2. The van der Waals surface area contributed by atoms with E-state index in [0.29, 0.717) is 22.8 Å². The van der Waals surface area contributed by atoms with Crippen molar-refractivity contribution in [2.45, 2.75) is 0 Å². The number of nitrogens with zero attached hydrogens (tertiary/aromatic N) is 1. The fourth-order valence-corrected chi connectivity index (χ4v) is 1.88. The third kappa shape index (κ3) is 4.47. The molecule has 0 radical (unpaired) electrons. The van der Waals surface area contributed by atoms with E-state index in [9.17, 15) is 4.79 Å². The zero-order chi connectivity index (χ0) is 16.7. The molecule has 0 aliphatic heterocycles. The van der Waals surface area contributed by atoms with Crippen LogP contribution in [0.5, 0.6) is 17.2 Å². The van der Waals surface area contributed by atoms with Gasteiger partial charge in [0.1, 0.15) is 17.2 Å². The number of amides is 1. The van der Waals surface area contributed by atoms with Crippen LogP contribution in [0, 0.1) is 0 Å². The minimum absolute atomic E-state index is 0.307. The van der Waals surface area contributed by atoms with Crippen molar-refractivity contribution in [1.29, 1.82) is 0 Å². The highest BCUT2D eigenvalue weighted by atomic mass is 16.5. The van der Waals surface area contributed by atoms with Gasteiger partial charge in [0.15, 0.2) is 0 Å². The van der Waals surface area contributed by atoms with Crippen molar-refractivity contribution in [3.05, 3.63) is 53.6 Å². The number of hydrogen-bond donors (Lipinski definition) is 1. The van der Waals surface area contributed by atoms with Gasteiger partial charge in [-0.2, -0.15) is 5.10 Å². The molecule has 0 heterocycles. The highest BCUT2D eigenvalue weighted by Gasteiger charge is 2.04. The first-order valence-electron chi connectivity index (χ1n) is 6.87. The van der Waals surface area contributed by atoms with Crippen molar-refractivity contribution in [3.8, 4) is 17.2 Å². The lowest BCUT2D eigenvalue weighted by molar-refractivity contribution is 0.0955. The van der Waals surface area contributed by atoms with Crippen molar-refractivity contribution in [3.63, 3.8) is 0 Å². The lowest BCUT2D eigenvalue weighted by Gasteiger charge is -2.05. The summed E-state index contributed by atoms with van der Waals surface area (Å²) in [6, 6.07) is 12.1. The third-order valence-corrected chi connectivity index (χ3v) is 3.11. The summed E-state index contributed by atoms with van der Waals surface area (Å²) >= 11 is 0. The van der Waals surface area contributed by atoms with Gasteiger partial charge in [0, 0.05) is 17.2 Å². The summed E-state index contributed by atoms with van der Waals surface area (Å²) in [7, 11) is 4.71. The highest BCUT2D eigenvalue weighted by molar-refractivity contribution is 5.95. The van der Waals surface area contributed by atoms with Crippen LogP contribution in [0.15, 0.2) is 47.6 Å². The van der Waals surface area contributed by atoms with E-state index >= 15 is 0 Å². The molecule has 0 atom stereocenters. The van der Waals surface area contributed by atoms with Gasteiger partial charge in [-0.15, -0.1) is 0 Å². The van der Waals surface area contributed by atoms with Gasteiger partial charge in [-0.1, -0.05) is 0 Å². The molecule has 6 nitrogen and oxygen atoms in total. The summed E-state index contributed by atoms with van der Waals surface area (Å²) in [6.07, 6.45) is 1.52. The number of nitrogens with one attached hydrogen (secondary N) is 1. The summed E-state index contributed by atoms with van der Waals surface area (Å²) in [6.45, 7) is 0. The maximum atomic E-state index is 12.0. The van der Waals surface area contributed by atoms with E-state index in [4.69, 9.17) is 14.2 Å². The molecule has 2 rings (SSSR count). The molecular formula is C17H18N2O4. The second-order valence-electron chi connectivity index (χ2n) is 4.57. The molecule has 0 aliphatic carbocycles. The van der Waals surface area contributed by atoms with Crippen molar-refractivity contribution in [2.24, 2.45) is 5.10 Å². The maximum Gasteiger partial charge on any atom is 0.271 e. The van der Waals surface area contributed by atoms with Crippen LogP contribution in [0.2, 0.25) is 0 Å². The molecule has 0 aromatic heterocycles. The van der Waals surface area contributed by atoms with Crippen molar-refractivity contribution < 1.29 is 19.0 Å². The topological polar surface area (TPSA) is 69.2 Å². The molecule has 0 saturated carbocycles. The van der Waals surface area contributed by atoms with E-state index in [1.165, 1.54) is 6.21 Å². The number of hydrogen-bond acceptors (Lipinski definition) is 5. The average molecular weight is 314 g/mol. The molecule has 0 saturated heterocycles. The Morgan fingerprint density at radius 1 is 0.913 bits per heavy atom. The first kappa shape index (κ1) is 16.4. The van der Waals surface area contributed by atoms with Gasteiger partial charge in [-0.05, 0) is 36.4 Å². The summed E-state index contributed by atoms with van der Waals surface area (Å²) < 4.78 is 15.4. The smallest absolute Gasteiger partial charge is 0.271 e. The molecule has 1 amide bonds. The van der Waals surface area contributed by atoms with Gasteiger partial charge < -0.3 is 14.2 Å². The second kappa shape index (κ2) is 7.84. The molecule has 0 fully saturated rings. The molecule has 0 spiro atoms. The minimum Gasteiger partial charge on any atom is -0.497 e. The first-order valence-corrected chi connectivity index (χ1v) is 6.87. The Balaban J connectivity index is 2.04. The Bertz CT molecular complexity index is 674. The second-order valence-corrected chi connectivity index (χ2v) is 4.57. The van der Waals surface area contributed by atoms with Gasteiger partial charge in [0.25, 0.3) is 5.91 Å². The monoisotopic (exact) mass is 314 g/mol. The van der Waals surface area contributed by atoms with E-state index in [1.807, 2.05) is 0 Å². The molecule has 23 heavy (non-hydrogen) atoms. The Hall–Kier alpha value is -3.02. The summed E-state index contributed by atoms with van der Waals surface area (Å²) in [5.74, 6) is 1.67. The number of ether oxygens (including phenoxy) is 3. The van der Waals surface area contributed by atoms with Crippen LogP contribution in [-0.4, -0.2) is 33.5 Å². The van der Waals surface area contributed by atoms with E-state index in [-0.39, 0.29) is 5.91 Å². The van der Waals surface area contributed by atoms with Gasteiger partial charge >= 0.3 is 0 Å². The van der Waals surface area contributed by atoms with Crippen molar-refractivity contribution in [2.75, 3.05) is 21.3 Å². The lowest BCUT2D eigenvalue weighted by atomic mass is 10.2. The van der Waals surface area contributed by atoms with E-state index in [2.05, 4.69) is 10.5 Å². The Morgan fingerprint density at radius 3 is 2.00 bits per heavy atom. The predicted octanol–water partition coefficient (Wildman–Crippen LogP) is 2.48. The number of carbonyl (C=O) groups excluding carboxylic acids is 1. The third-order valence-electron chi connectivity index (χ3n) is 3.11. The predicted molar refractivity (Wildman–Crippen MR) is 87.6 cm³/mol. The standard InChI is InChI=1S/C17H18N2O4/c1-21-14-6-4-13(5-7-14)17(20)19-18-11-12-8-15(22-2)10-16(9-12)23-3/h4-11H,1-3H3,(H,19,20)/b18-11+. The highest BCUT2D eigenvalue weighted by Crippen LogP contribution is 2.21. The van der Waals surface area contributed by atoms with E-state index in [0.717, 1.165) is 5.56 Å². The Labute approximate surface area is 134 Å². The number of rotatable bonds is 6. The Morgan fingerprint density at radius 2 is 1.48 bits per heavy atom. The van der Waals surface area contributed by atoms with Crippen LogP contribution in [0.4, 0.5) is 0 Å². The molecular weight excluding hydrogens is 296 g/mol. The van der Waals surface area contributed by atoms with Gasteiger partial charge in [-0.25, -0.2) is 5.43 Å². The molecule has 1 N–H and O–H groups in total. The van der Waals surface area contributed by atoms with E-state index in [1.54, 1.807) is 63.8 Å². The summed E-state index contributed by atoms with van der Waals surface area (Å²) in [5.41, 5.74) is 3.71. The molecule has 6 heteroatoms. The summed E-state index contributed by atoms with van der Waals surface area (Å²) in [5, 5.41) is 3.94. The summed E-state index contributed by atoms with van der Waals surface area (Å²) in [4.78, 5) is 12.0. The van der Waals surface area contributed by atoms with Gasteiger partial charge in [0.05, 0.1) is 27.5 Å². The number of hydrazone groups is 1. The molecule has 0 bridgehead atoms. The molecule has 2 aromatic carbocycles. The lowest BCUT2D eigenvalue weighted by Crippen LogP contribution is -2.17. The number of methoxy groups -OCH3 is 3. The number of benzene rings is 2. The molecule has 0 unspecified atom stereocenters. The minimum atomic E-state index is -0.307. The first-order chi connectivity index (χ1) is 11.2. The SMILES string of the molecule is COc1ccc(C(=O)N/N=C/c2cc(OC)cc(OC)c2)cc1.